The molecule has 9 heteroatoms. The molecule has 1 unspecified atom stereocenters. The Morgan fingerprint density at radius 3 is 2.55 bits per heavy atom. The summed E-state index contributed by atoms with van der Waals surface area (Å²) < 4.78 is 38.6. The molecule has 2 aromatic rings. The summed E-state index contributed by atoms with van der Waals surface area (Å²) in [7, 11) is -2.18. The van der Waals surface area contributed by atoms with Gasteiger partial charge >= 0.3 is 0 Å². The van der Waals surface area contributed by atoms with Crippen LogP contribution in [0.2, 0.25) is 5.02 Å². The predicted octanol–water partition coefficient (Wildman–Crippen LogP) is 4.32. The summed E-state index contributed by atoms with van der Waals surface area (Å²) in [6.45, 7) is 2.83. The maximum atomic E-state index is 13.0. The number of carbonyl (C=O) groups is 1. The highest BCUT2D eigenvalue weighted by atomic mass is 35.5. The zero-order valence-electron chi connectivity index (χ0n) is 17.6. The third-order valence-corrected chi connectivity index (χ3v) is 7.25. The SMILES string of the molecule is CCC(Oc1cccc(Cl)c1)C(=O)Nc1cc(S(=O)(=O)N2CCCCC2)ccc1OC. The zero-order valence-corrected chi connectivity index (χ0v) is 19.2. The van der Waals surface area contributed by atoms with Crippen LogP contribution in [-0.4, -0.2) is 44.9 Å². The Labute approximate surface area is 188 Å². The molecule has 1 N–H and O–H groups in total. The number of methoxy groups -OCH3 is 1. The second-order valence-corrected chi connectivity index (χ2v) is 9.66. The fourth-order valence-corrected chi connectivity index (χ4v) is 5.16. The molecule has 0 aromatic heterocycles. The van der Waals surface area contributed by atoms with Gasteiger partial charge in [-0.2, -0.15) is 4.31 Å². The molecule has 1 saturated heterocycles. The number of carbonyl (C=O) groups excluding carboxylic acids is 1. The highest BCUT2D eigenvalue weighted by Crippen LogP contribution is 2.30. The van der Waals surface area contributed by atoms with Gasteiger partial charge in [0, 0.05) is 18.1 Å². The van der Waals surface area contributed by atoms with E-state index in [0.29, 0.717) is 36.0 Å². The molecule has 1 atom stereocenters. The van der Waals surface area contributed by atoms with Crippen LogP contribution < -0.4 is 14.8 Å². The molecule has 0 saturated carbocycles. The highest BCUT2D eigenvalue weighted by Gasteiger charge is 2.27. The standard InChI is InChI=1S/C22H27ClN2O5S/c1-3-20(30-17-9-7-8-16(23)14-17)22(26)24-19-15-18(10-11-21(19)29-2)31(27,28)25-12-5-4-6-13-25/h7-11,14-15,20H,3-6,12-13H2,1-2H3,(H,24,26). The number of hydrogen-bond acceptors (Lipinski definition) is 5. The molecule has 0 bridgehead atoms. The number of nitrogens with zero attached hydrogens (tertiary/aromatic N) is 1. The van der Waals surface area contributed by atoms with Crippen molar-refractivity contribution in [2.75, 3.05) is 25.5 Å². The quantitative estimate of drug-likeness (QED) is 0.626. The summed E-state index contributed by atoms with van der Waals surface area (Å²) in [6.07, 6.45) is 2.34. The van der Waals surface area contributed by atoms with Gasteiger partial charge in [-0.15, -0.1) is 0 Å². The first-order valence-electron chi connectivity index (χ1n) is 10.3. The molecule has 7 nitrogen and oxygen atoms in total. The van der Waals surface area contributed by atoms with Crippen LogP contribution in [-0.2, 0) is 14.8 Å². The number of ether oxygens (including phenoxy) is 2. The molecule has 0 spiro atoms. The molecule has 168 valence electrons. The minimum absolute atomic E-state index is 0.120. The van der Waals surface area contributed by atoms with Gasteiger partial charge < -0.3 is 14.8 Å². The van der Waals surface area contributed by atoms with E-state index in [1.807, 2.05) is 6.92 Å². The summed E-state index contributed by atoms with van der Waals surface area (Å²) in [5.74, 6) is 0.430. The van der Waals surface area contributed by atoms with Gasteiger partial charge in [-0.05, 0) is 55.7 Å². The van der Waals surface area contributed by atoms with Gasteiger partial charge in [-0.1, -0.05) is 31.0 Å². The number of sulfonamides is 1. The van der Waals surface area contributed by atoms with Crippen LogP contribution in [0.1, 0.15) is 32.6 Å². The Morgan fingerprint density at radius 2 is 1.90 bits per heavy atom. The Morgan fingerprint density at radius 1 is 1.16 bits per heavy atom. The van der Waals surface area contributed by atoms with Crippen molar-refractivity contribution in [1.29, 1.82) is 0 Å². The second kappa shape index (κ2) is 10.3. The molecular formula is C22H27ClN2O5S. The molecule has 31 heavy (non-hydrogen) atoms. The van der Waals surface area contributed by atoms with Crippen LogP contribution in [0.4, 0.5) is 5.69 Å². The maximum absolute atomic E-state index is 13.0. The lowest BCUT2D eigenvalue weighted by Crippen LogP contribution is -2.35. The molecule has 2 aromatic carbocycles. The van der Waals surface area contributed by atoms with Crippen LogP contribution in [0, 0.1) is 0 Å². The fourth-order valence-electron chi connectivity index (χ4n) is 3.44. The largest absolute Gasteiger partial charge is 0.495 e. The van der Waals surface area contributed by atoms with Gasteiger partial charge in [0.25, 0.3) is 5.91 Å². The smallest absolute Gasteiger partial charge is 0.265 e. The molecule has 0 aliphatic carbocycles. The van der Waals surface area contributed by atoms with Gasteiger partial charge in [0.15, 0.2) is 6.10 Å². The Hall–Kier alpha value is -2.29. The van der Waals surface area contributed by atoms with Crippen LogP contribution >= 0.6 is 11.6 Å². The summed E-state index contributed by atoms with van der Waals surface area (Å²) in [4.78, 5) is 13.0. The molecule has 1 aliphatic heterocycles. The average Bonchev–Trinajstić information content (AvgIpc) is 2.78. The van der Waals surface area contributed by atoms with Crippen molar-refractivity contribution >= 4 is 33.2 Å². The van der Waals surface area contributed by atoms with Crippen molar-refractivity contribution in [1.82, 2.24) is 4.31 Å². The Kier molecular flexibility index (Phi) is 7.80. The summed E-state index contributed by atoms with van der Waals surface area (Å²) in [5, 5.41) is 3.26. The highest BCUT2D eigenvalue weighted by molar-refractivity contribution is 7.89. The van der Waals surface area contributed by atoms with Gasteiger partial charge in [0.2, 0.25) is 10.0 Å². The number of hydrogen-bond donors (Lipinski definition) is 1. The first kappa shape index (κ1) is 23.4. The molecule has 1 aliphatic rings. The van der Waals surface area contributed by atoms with E-state index in [1.54, 1.807) is 30.3 Å². The van der Waals surface area contributed by atoms with E-state index < -0.39 is 22.0 Å². The van der Waals surface area contributed by atoms with Crippen LogP contribution in [0.5, 0.6) is 11.5 Å². The van der Waals surface area contributed by atoms with Crippen molar-refractivity contribution < 1.29 is 22.7 Å². The Balaban J connectivity index is 1.82. The number of rotatable bonds is 8. The number of halogens is 1. The van der Waals surface area contributed by atoms with Crippen LogP contribution in [0.15, 0.2) is 47.4 Å². The summed E-state index contributed by atoms with van der Waals surface area (Å²) in [5.41, 5.74) is 0.277. The first-order chi connectivity index (χ1) is 14.8. The number of benzene rings is 2. The van der Waals surface area contributed by atoms with Crippen molar-refractivity contribution in [2.24, 2.45) is 0 Å². The summed E-state index contributed by atoms with van der Waals surface area (Å²) in [6, 6.07) is 11.3. The van der Waals surface area contributed by atoms with E-state index in [4.69, 9.17) is 21.1 Å². The third kappa shape index (κ3) is 5.70. The van der Waals surface area contributed by atoms with Crippen molar-refractivity contribution in [3.8, 4) is 11.5 Å². The van der Waals surface area contributed by atoms with E-state index in [2.05, 4.69) is 5.32 Å². The molecular weight excluding hydrogens is 440 g/mol. The lowest BCUT2D eigenvalue weighted by molar-refractivity contribution is -0.122. The average molecular weight is 467 g/mol. The van der Waals surface area contributed by atoms with Gasteiger partial charge in [0.05, 0.1) is 17.7 Å². The van der Waals surface area contributed by atoms with Crippen molar-refractivity contribution in [3.05, 3.63) is 47.5 Å². The van der Waals surface area contributed by atoms with Crippen LogP contribution in [0.25, 0.3) is 0 Å². The lowest BCUT2D eigenvalue weighted by Gasteiger charge is -2.26. The number of nitrogens with one attached hydrogen (secondary N) is 1. The Bertz CT molecular complexity index is 1020. The normalized spacial score (nSPS) is 15.8. The third-order valence-electron chi connectivity index (χ3n) is 5.12. The minimum Gasteiger partial charge on any atom is -0.495 e. The van der Waals surface area contributed by atoms with Gasteiger partial charge in [0.1, 0.15) is 11.5 Å². The van der Waals surface area contributed by atoms with E-state index in [0.717, 1.165) is 19.3 Å². The molecule has 1 heterocycles. The molecule has 1 fully saturated rings. The van der Waals surface area contributed by atoms with Crippen LogP contribution in [0.3, 0.4) is 0 Å². The monoisotopic (exact) mass is 466 g/mol. The maximum Gasteiger partial charge on any atom is 0.265 e. The second-order valence-electron chi connectivity index (χ2n) is 7.29. The number of anilines is 1. The first-order valence-corrected chi connectivity index (χ1v) is 12.1. The van der Waals surface area contributed by atoms with Crippen molar-refractivity contribution in [2.45, 2.75) is 43.6 Å². The molecule has 3 rings (SSSR count). The van der Waals surface area contributed by atoms with E-state index in [-0.39, 0.29) is 10.6 Å². The molecule has 1 amide bonds. The van der Waals surface area contributed by atoms with Gasteiger partial charge in [-0.25, -0.2) is 8.42 Å². The minimum atomic E-state index is -3.64. The zero-order chi connectivity index (χ0) is 22.4. The topological polar surface area (TPSA) is 84.9 Å². The number of amides is 1. The van der Waals surface area contributed by atoms with Crippen molar-refractivity contribution in [3.63, 3.8) is 0 Å². The number of piperidine rings is 1. The summed E-state index contributed by atoms with van der Waals surface area (Å²) >= 11 is 5.99. The van der Waals surface area contributed by atoms with E-state index >= 15 is 0 Å². The van der Waals surface area contributed by atoms with Gasteiger partial charge in [-0.3, -0.25) is 4.79 Å². The van der Waals surface area contributed by atoms with E-state index in [1.165, 1.54) is 23.5 Å². The fraction of sp³-hybridized carbons (Fsp3) is 0.409. The lowest BCUT2D eigenvalue weighted by atomic mass is 10.2. The molecule has 0 radical (unpaired) electrons. The predicted molar refractivity (Wildman–Crippen MR) is 120 cm³/mol. The van der Waals surface area contributed by atoms with E-state index in [9.17, 15) is 13.2 Å².